The van der Waals surface area contributed by atoms with Crippen LogP contribution in [0, 0.1) is 0 Å². The average Bonchev–Trinajstić information content (AvgIpc) is 3.01. The molecule has 0 aliphatic carbocycles. The van der Waals surface area contributed by atoms with Crippen LogP contribution in [0.15, 0.2) is 59.5 Å². The van der Waals surface area contributed by atoms with Gasteiger partial charge in [-0.1, -0.05) is 30.3 Å². The van der Waals surface area contributed by atoms with Gasteiger partial charge < -0.3 is 4.74 Å². The SMILES string of the molecule is CS(=O)(=O)c1ccc(Cn2nnc(COc3ccccc3)n2)cc1. The highest BCUT2D eigenvalue weighted by Crippen LogP contribution is 2.12. The van der Waals surface area contributed by atoms with Gasteiger partial charge in [0.1, 0.15) is 5.75 Å². The number of hydrogen-bond donors (Lipinski definition) is 0. The molecule has 24 heavy (non-hydrogen) atoms. The second kappa shape index (κ2) is 6.79. The summed E-state index contributed by atoms with van der Waals surface area (Å²) in [6, 6.07) is 16.0. The molecule has 0 amide bonds. The van der Waals surface area contributed by atoms with Gasteiger partial charge in [0.2, 0.25) is 5.82 Å². The minimum atomic E-state index is -3.19. The zero-order valence-electron chi connectivity index (χ0n) is 13.0. The molecule has 0 atom stereocenters. The Balaban J connectivity index is 1.61. The van der Waals surface area contributed by atoms with E-state index in [1.165, 1.54) is 11.1 Å². The zero-order valence-corrected chi connectivity index (χ0v) is 13.8. The molecule has 124 valence electrons. The van der Waals surface area contributed by atoms with Crippen LogP contribution < -0.4 is 4.74 Å². The fourth-order valence-electron chi connectivity index (χ4n) is 2.07. The third kappa shape index (κ3) is 4.17. The smallest absolute Gasteiger partial charge is 0.212 e. The Bertz CT molecular complexity index is 906. The summed E-state index contributed by atoms with van der Waals surface area (Å²) in [5, 5.41) is 12.2. The number of rotatable bonds is 6. The van der Waals surface area contributed by atoms with Crippen molar-refractivity contribution in [1.82, 2.24) is 20.2 Å². The summed E-state index contributed by atoms with van der Waals surface area (Å²) >= 11 is 0. The summed E-state index contributed by atoms with van der Waals surface area (Å²) in [5.74, 6) is 1.22. The Kier molecular flexibility index (Phi) is 4.57. The number of hydrogen-bond acceptors (Lipinski definition) is 6. The second-order valence-electron chi connectivity index (χ2n) is 5.25. The van der Waals surface area contributed by atoms with Crippen LogP contribution in [0.25, 0.3) is 0 Å². The minimum absolute atomic E-state index is 0.233. The van der Waals surface area contributed by atoms with Crippen molar-refractivity contribution < 1.29 is 13.2 Å². The van der Waals surface area contributed by atoms with Gasteiger partial charge in [-0.25, -0.2) is 8.42 Å². The van der Waals surface area contributed by atoms with Gasteiger partial charge in [0.15, 0.2) is 16.4 Å². The maximum atomic E-state index is 11.4. The monoisotopic (exact) mass is 344 g/mol. The molecule has 0 N–H and O–H groups in total. The van der Waals surface area contributed by atoms with Crippen molar-refractivity contribution in [2.75, 3.05) is 6.26 Å². The highest BCUT2D eigenvalue weighted by atomic mass is 32.2. The van der Waals surface area contributed by atoms with E-state index < -0.39 is 9.84 Å². The number of benzene rings is 2. The van der Waals surface area contributed by atoms with Gasteiger partial charge in [0.25, 0.3) is 0 Å². The van der Waals surface area contributed by atoms with Gasteiger partial charge in [-0.05, 0) is 35.0 Å². The molecule has 1 aromatic heterocycles. The summed E-state index contributed by atoms with van der Waals surface area (Å²) in [6.45, 7) is 0.638. The topological polar surface area (TPSA) is 87.0 Å². The van der Waals surface area contributed by atoms with Crippen LogP contribution in [0.5, 0.6) is 5.75 Å². The maximum Gasteiger partial charge on any atom is 0.212 e. The van der Waals surface area contributed by atoms with Crippen LogP contribution in [-0.2, 0) is 23.0 Å². The fraction of sp³-hybridized carbons (Fsp3) is 0.188. The lowest BCUT2D eigenvalue weighted by Crippen LogP contribution is -2.05. The fourth-order valence-corrected chi connectivity index (χ4v) is 2.70. The lowest BCUT2D eigenvalue weighted by atomic mass is 10.2. The molecule has 0 bridgehead atoms. The highest BCUT2D eigenvalue weighted by molar-refractivity contribution is 7.90. The third-order valence-corrected chi connectivity index (χ3v) is 4.41. The zero-order chi connectivity index (χ0) is 17.0. The van der Waals surface area contributed by atoms with Crippen molar-refractivity contribution in [2.24, 2.45) is 0 Å². The first-order chi connectivity index (χ1) is 11.5. The summed E-state index contributed by atoms with van der Waals surface area (Å²) in [6.07, 6.45) is 1.18. The number of aromatic nitrogens is 4. The minimum Gasteiger partial charge on any atom is -0.485 e. The van der Waals surface area contributed by atoms with Crippen LogP contribution in [-0.4, -0.2) is 34.9 Å². The first-order valence-corrected chi connectivity index (χ1v) is 9.13. The first kappa shape index (κ1) is 16.1. The van der Waals surface area contributed by atoms with E-state index >= 15 is 0 Å². The number of para-hydroxylation sites is 1. The molecule has 8 heteroatoms. The number of nitrogens with zero attached hydrogens (tertiary/aromatic N) is 4. The standard InChI is InChI=1S/C16H16N4O3S/c1-24(21,22)15-9-7-13(8-10-15)11-20-18-16(17-19-20)12-23-14-5-3-2-4-6-14/h2-10H,11-12H2,1H3. The molecule has 0 spiro atoms. The van der Waals surface area contributed by atoms with Crippen LogP contribution >= 0.6 is 0 Å². The summed E-state index contributed by atoms with van der Waals surface area (Å²) in [4.78, 5) is 1.73. The molecule has 7 nitrogen and oxygen atoms in total. The van der Waals surface area contributed by atoms with E-state index in [4.69, 9.17) is 4.74 Å². The average molecular weight is 344 g/mol. The molecule has 0 aliphatic heterocycles. The van der Waals surface area contributed by atoms with E-state index in [1.807, 2.05) is 30.3 Å². The van der Waals surface area contributed by atoms with Crippen molar-refractivity contribution in [3.63, 3.8) is 0 Å². The van der Waals surface area contributed by atoms with Gasteiger partial charge >= 0.3 is 0 Å². The van der Waals surface area contributed by atoms with Gasteiger partial charge in [-0.2, -0.15) is 4.80 Å². The van der Waals surface area contributed by atoms with Gasteiger partial charge in [-0.3, -0.25) is 0 Å². The van der Waals surface area contributed by atoms with Gasteiger partial charge in [0, 0.05) is 6.26 Å². The van der Waals surface area contributed by atoms with Crippen LogP contribution in [0.3, 0.4) is 0 Å². The van der Waals surface area contributed by atoms with E-state index in [9.17, 15) is 8.42 Å². The molecule has 1 heterocycles. The van der Waals surface area contributed by atoms with Crippen molar-refractivity contribution in [1.29, 1.82) is 0 Å². The first-order valence-electron chi connectivity index (χ1n) is 7.24. The number of tetrazole rings is 1. The summed E-state index contributed by atoms with van der Waals surface area (Å²) in [7, 11) is -3.19. The normalized spacial score (nSPS) is 11.4. The lowest BCUT2D eigenvalue weighted by Gasteiger charge is -2.02. The van der Waals surface area contributed by atoms with Crippen LogP contribution in [0.2, 0.25) is 0 Å². The highest BCUT2D eigenvalue weighted by Gasteiger charge is 2.08. The van der Waals surface area contributed by atoms with Crippen LogP contribution in [0.1, 0.15) is 11.4 Å². The van der Waals surface area contributed by atoms with E-state index in [0.717, 1.165) is 11.3 Å². The third-order valence-electron chi connectivity index (χ3n) is 3.28. The summed E-state index contributed by atoms with van der Waals surface area (Å²) in [5.41, 5.74) is 0.885. The van der Waals surface area contributed by atoms with E-state index in [2.05, 4.69) is 15.4 Å². The molecule has 0 radical (unpaired) electrons. The molecule has 0 saturated heterocycles. The molecule has 3 aromatic rings. The van der Waals surface area contributed by atoms with E-state index in [0.29, 0.717) is 12.4 Å². The molecule has 0 aliphatic rings. The Labute approximate surface area is 139 Å². The molecule has 2 aromatic carbocycles. The number of sulfone groups is 1. The molecular formula is C16H16N4O3S. The van der Waals surface area contributed by atoms with Gasteiger partial charge in [0.05, 0.1) is 11.4 Å². The number of ether oxygens (including phenoxy) is 1. The van der Waals surface area contributed by atoms with Gasteiger partial charge in [-0.15, -0.1) is 10.2 Å². The maximum absolute atomic E-state index is 11.4. The Morgan fingerprint density at radius 2 is 1.75 bits per heavy atom. The van der Waals surface area contributed by atoms with Crippen LogP contribution in [0.4, 0.5) is 0 Å². The van der Waals surface area contributed by atoms with E-state index in [1.54, 1.807) is 24.3 Å². The Morgan fingerprint density at radius 1 is 1.04 bits per heavy atom. The summed E-state index contributed by atoms with van der Waals surface area (Å²) < 4.78 is 28.4. The molecule has 0 unspecified atom stereocenters. The largest absolute Gasteiger partial charge is 0.485 e. The Hall–Kier alpha value is -2.74. The van der Waals surface area contributed by atoms with E-state index in [-0.39, 0.29) is 11.5 Å². The van der Waals surface area contributed by atoms with Crippen molar-refractivity contribution >= 4 is 9.84 Å². The van der Waals surface area contributed by atoms with Crippen molar-refractivity contribution in [3.8, 4) is 5.75 Å². The molecule has 3 rings (SSSR count). The molecule has 0 fully saturated rings. The molecular weight excluding hydrogens is 328 g/mol. The van der Waals surface area contributed by atoms with Crippen molar-refractivity contribution in [3.05, 3.63) is 66.0 Å². The quantitative estimate of drug-likeness (QED) is 0.676. The lowest BCUT2D eigenvalue weighted by molar-refractivity contribution is 0.295. The predicted octanol–water partition coefficient (Wildman–Crippen LogP) is 1.70. The molecule has 0 saturated carbocycles. The van der Waals surface area contributed by atoms with Crippen molar-refractivity contribution in [2.45, 2.75) is 18.0 Å². The predicted molar refractivity (Wildman–Crippen MR) is 87.2 cm³/mol. The Morgan fingerprint density at radius 3 is 2.42 bits per heavy atom. The second-order valence-corrected chi connectivity index (χ2v) is 7.27.